The Morgan fingerprint density at radius 3 is 3.00 bits per heavy atom. The second kappa shape index (κ2) is 8.98. The summed E-state index contributed by atoms with van der Waals surface area (Å²) in [4.78, 5) is 18.8. The van der Waals surface area contributed by atoms with Crippen LogP contribution in [0.15, 0.2) is 67.1 Å². The van der Waals surface area contributed by atoms with Gasteiger partial charge in [0.1, 0.15) is 5.76 Å². The van der Waals surface area contributed by atoms with Gasteiger partial charge in [0.25, 0.3) is 0 Å². The van der Waals surface area contributed by atoms with Crippen LogP contribution >= 0.6 is 0 Å². The number of ether oxygens (including phenoxy) is 1. The molecule has 1 amide bonds. The quantitative estimate of drug-likeness (QED) is 0.500. The van der Waals surface area contributed by atoms with Crippen molar-refractivity contribution < 1.29 is 9.53 Å². The number of methoxy groups -OCH3 is 1. The van der Waals surface area contributed by atoms with Gasteiger partial charge in [-0.25, -0.2) is 0 Å². The minimum absolute atomic E-state index is 0.0876. The summed E-state index contributed by atoms with van der Waals surface area (Å²) in [5.74, 6) is 0.516. The molecule has 1 aliphatic heterocycles. The molecule has 2 atom stereocenters. The minimum Gasteiger partial charge on any atom is -0.497 e. The number of hydrogen-bond acceptors (Lipinski definition) is 3. The first kappa shape index (κ1) is 21.2. The zero-order chi connectivity index (χ0) is 22.0. The first-order chi connectivity index (χ1) is 15.1. The van der Waals surface area contributed by atoms with Gasteiger partial charge < -0.3 is 15.0 Å². The molecule has 0 bridgehead atoms. The first-order valence-corrected chi connectivity index (χ1v) is 10.9. The molecular formula is C26H31N3O2. The monoisotopic (exact) mass is 417 g/mol. The van der Waals surface area contributed by atoms with Crippen molar-refractivity contribution in [3.05, 3.63) is 78.2 Å². The van der Waals surface area contributed by atoms with Gasteiger partial charge in [-0.15, -0.1) is 0 Å². The molecule has 1 aromatic heterocycles. The second-order valence-electron chi connectivity index (χ2n) is 8.27. The van der Waals surface area contributed by atoms with Crippen molar-refractivity contribution in [1.82, 2.24) is 15.2 Å². The molecule has 0 spiro atoms. The van der Waals surface area contributed by atoms with Gasteiger partial charge in [0.2, 0.25) is 5.91 Å². The number of fused-ring (bicyclic) bond motifs is 2. The third-order valence-corrected chi connectivity index (χ3v) is 6.31. The van der Waals surface area contributed by atoms with Gasteiger partial charge in [0, 0.05) is 48.3 Å². The summed E-state index contributed by atoms with van der Waals surface area (Å²) in [6.07, 6.45) is 9.86. The second-order valence-corrected chi connectivity index (χ2v) is 8.27. The van der Waals surface area contributed by atoms with Crippen molar-refractivity contribution in [3.8, 4) is 0 Å². The number of nitrogens with zero attached hydrogens (tertiary/aromatic N) is 1. The Morgan fingerprint density at radius 1 is 1.42 bits per heavy atom. The lowest BCUT2D eigenvalue weighted by atomic mass is 9.79. The highest BCUT2D eigenvalue weighted by Crippen LogP contribution is 2.41. The largest absolute Gasteiger partial charge is 0.497 e. The van der Waals surface area contributed by atoms with E-state index in [-0.39, 0.29) is 17.9 Å². The maximum atomic E-state index is 13.0. The molecule has 0 fully saturated rings. The number of amides is 1. The van der Waals surface area contributed by atoms with Gasteiger partial charge >= 0.3 is 0 Å². The molecule has 31 heavy (non-hydrogen) atoms. The van der Waals surface area contributed by atoms with E-state index in [1.54, 1.807) is 13.2 Å². The van der Waals surface area contributed by atoms with Crippen LogP contribution in [0.2, 0.25) is 0 Å². The number of hydrogen-bond donors (Lipinski definition) is 2. The van der Waals surface area contributed by atoms with E-state index in [0.717, 1.165) is 23.9 Å². The van der Waals surface area contributed by atoms with Crippen molar-refractivity contribution >= 4 is 22.4 Å². The molecule has 0 saturated heterocycles. The summed E-state index contributed by atoms with van der Waals surface area (Å²) >= 11 is 0. The number of nitrogens with one attached hydrogen (secondary N) is 2. The lowest BCUT2D eigenvalue weighted by Crippen LogP contribution is -2.49. The number of carbonyl (C=O) groups excluding carboxylic acids is 1. The highest BCUT2D eigenvalue weighted by molar-refractivity contribution is 5.99. The molecule has 2 aliphatic rings. The SMILES string of the molecule is C=C/C=C(/CN1CC(C(=O)NCCC)C=C2c3cccc4[nH]cc(c34)CC21)C(=C)OC. The summed E-state index contributed by atoms with van der Waals surface area (Å²) in [6.45, 7) is 12.0. The van der Waals surface area contributed by atoms with Crippen LogP contribution in [0.5, 0.6) is 0 Å². The number of rotatable bonds is 8. The number of benzene rings is 1. The van der Waals surface area contributed by atoms with E-state index in [0.29, 0.717) is 25.4 Å². The third kappa shape index (κ3) is 3.98. The zero-order valence-electron chi connectivity index (χ0n) is 18.4. The third-order valence-electron chi connectivity index (χ3n) is 6.31. The van der Waals surface area contributed by atoms with Crippen LogP contribution in [0.1, 0.15) is 24.5 Å². The number of aromatic nitrogens is 1. The van der Waals surface area contributed by atoms with Crippen LogP contribution in [0, 0.1) is 5.92 Å². The molecule has 0 saturated carbocycles. The summed E-state index contributed by atoms with van der Waals surface area (Å²) in [5.41, 5.74) is 5.91. The molecule has 5 heteroatoms. The highest BCUT2D eigenvalue weighted by Gasteiger charge is 2.37. The van der Waals surface area contributed by atoms with Gasteiger partial charge in [-0.3, -0.25) is 9.69 Å². The van der Waals surface area contributed by atoms with Crippen molar-refractivity contribution in [1.29, 1.82) is 0 Å². The molecule has 2 unspecified atom stereocenters. The van der Waals surface area contributed by atoms with Crippen molar-refractivity contribution in [2.75, 3.05) is 26.7 Å². The Labute approximate surface area is 184 Å². The fourth-order valence-corrected chi connectivity index (χ4v) is 4.77. The lowest BCUT2D eigenvalue weighted by Gasteiger charge is -2.42. The van der Waals surface area contributed by atoms with Gasteiger partial charge in [0.15, 0.2) is 0 Å². The average molecular weight is 418 g/mol. The number of H-pyrrole nitrogens is 1. The topological polar surface area (TPSA) is 57.4 Å². The van der Waals surface area contributed by atoms with Gasteiger partial charge in [0.05, 0.1) is 13.0 Å². The summed E-state index contributed by atoms with van der Waals surface area (Å²) < 4.78 is 5.42. The Morgan fingerprint density at radius 2 is 2.26 bits per heavy atom. The highest BCUT2D eigenvalue weighted by atomic mass is 16.5. The maximum Gasteiger partial charge on any atom is 0.228 e. The van der Waals surface area contributed by atoms with E-state index >= 15 is 0 Å². The average Bonchev–Trinajstić information content (AvgIpc) is 3.21. The van der Waals surface area contributed by atoms with E-state index < -0.39 is 0 Å². The van der Waals surface area contributed by atoms with Gasteiger partial charge in [-0.1, -0.05) is 50.4 Å². The molecule has 1 aromatic carbocycles. The zero-order valence-corrected chi connectivity index (χ0v) is 18.4. The summed E-state index contributed by atoms with van der Waals surface area (Å²) in [6, 6.07) is 6.57. The molecule has 2 aromatic rings. The van der Waals surface area contributed by atoms with Gasteiger partial charge in [-0.05, 0) is 35.6 Å². The smallest absolute Gasteiger partial charge is 0.228 e. The van der Waals surface area contributed by atoms with E-state index in [1.165, 1.54) is 22.1 Å². The molecule has 2 N–H and O–H groups in total. The van der Waals surface area contributed by atoms with Crippen LogP contribution in [0.3, 0.4) is 0 Å². The van der Waals surface area contributed by atoms with Crippen molar-refractivity contribution in [3.63, 3.8) is 0 Å². The number of carbonyl (C=O) groups is 1. The summed E-state index contributed by atoms with van der Waals surface area (Å²) in [7, 11) is 1.63. The predicted octanol–water partition coefficient (Wildman–Crippen LogP) is 4.21. The molecule has 0 radical (unpaired) electrons. The van der Waals surface area contributed by atoms with Crippen LogP contribution in [-0.4, -0.2) is 48.6 Å². The fourth-order valence-electron chi connectivity index (χ4n) is 4.77. The molecule has 5 nitrogen and oxygen atoms in total. The molecule has 1 aliphatic carbocycles. The normalized spacial score (nSPS) is 20.7. The Hall–Kier alpha value is -3.05. The first-order valence-electron chi connectivity index (χ1n) is 10.9. The standard InChI is InChI=1S/C26H31N3O2/c1-5-8-18(17(3)31-4)15-29-16-20(26(30)27-11-6-2)12-22-21-9-7-10-23-25(21)19(14-28-23)13-24(22)29/h5,7-10,12,14,20,24,28H,1,3,6,11,13,15-16H2,2,4H3,(H,27,30)/b18-8-. The van der Waals surface area contributed by atoms with Crippen LogP contribution in [0.25, 0.3) is 16.5 Å². The van der Waals surface area contributed by atoms with Crippen molar-refractivity contribution in [2.24, 2.45) is 5.92 Å². The van der Waals surface area contributed by atoms with Crippen molar-refractivity contribution in [2.45, 2.75) is 25.8 Å². The fraction of sp³-hybridized carbons (Fsp3) is 0.346. The maximum absolute atomic E-state index is 13.0. The molecule has 162 valence electrons. The Kier molecular flexibility index (Phi) is 6.14. The predicted molar refractivity (Wildman–Crippen MR) is 127 cm³/mol. The van der Waals surface area contributed by atoms with E-state index in [2.05, 4.69) is 65.8 Å². The molecule has 4 rings (SSSR count). The van der Waals surface area contributed by atoms with E-state index in [1.807, 2.05) is 6.08 Å². The number of aromatic amines is 1. The molecular weight excluding hydrogens is 386 g/mol. The van der Waals surface area contributed by atoms with E-state index in [4.69, 9.17) is 4.74 Å². The lowest BCUT2D eigenvalue weighted by molar-refractivity contribution is -0.124. The Bertz CT molecular complexity index is 1080. The van der Waals surface area contributed by atoms with Crippen LogP contribution in [-0.2, 0) is 16.0 Å². The minimum atomic E-state index is -0.200. The van der Waals surface area contributed by atoms with Gasteiger partial charge in [-0.2, -0.15) is 0 Å². The van der Waals surface area contributed by atoms with Crippen LogP contribution < -0.4 is 5.32 Å². The van der Waals surface area contributed by atoms with E-state index in [9.17, 15) is 4.79 Å². The Balaban J connectivity index is 1.75. The van der Waals surface area contributed by atoms with Crippen LogP contribution in [0.4, 0.5) is 0 Å². The summed E-state index contributed by atoms with van der Waals surface area (Å²) in [5, 5.41) is 4.36. The molecule has 2 heterocycles. The number of allylic oxidation sites excluding steroid dienone is 2.